The largest absolute Gasteiger partial charge is 0.493 e. The first-order chi connectivity index (χ1) is 17.8. The SMILES string of the molecule is COc1cc2c(Oc3cccc(NC(=O)Nc4cc(C(C)(C)C)on4)c3)ncnc2cc1OCC1CO1. The highest BCUT2D eigenvalue weighted by Gasteiger charge is 2.24. The Morgan fingerprint density at radius 1 is 1.11 bits per heavy atom. The van der Waals surface area contributed by atoms with Crippen molar-refractivity contribution in [2.24, 2.45) is 0 Å². The summed E-state index contributed by atoms with van der Waals surface area (Å²) in [4.78, 5) is 21.1. The molecular formula is C26H27N5O6. The van der Waals surface area contributed by atoms with Crippen molar-refractivity contribution in [3.05, 3.63) is 54.6 Å². The van der Waals surface area contributed by atoms with Crippen molar-refractivity contribution in [1.82, 2.24) is 15.1 Å². The minimum atomic E-state index is -0.466. The summed E-state index contributed by atoms with van der Waals surface area (Å²) in [6.07, 6.45) is 1.53. The summed E-state index contributed by atoms with van der Waals surface area (Å²) < 4.78 is 27.9. The van der Waals surface area contributed by atoms with Gasteiger partial charge in [0.2, 0.25) is 5.88 Å². The van der Waals surface area contributed by atoms with Crippen molar-refractivity contribution in [1.29, 1.82) is 0 Å². The number of epoxide rings is 1. The molecule has 37 heavy (non-hydrogen) atoms. The monoisotopic (exact) mass is 505 g/mol. The van der Waals surface area contributed by atoms with Gasteiger partial charge in [-0.3, -0.25) is 5.32 Å². The zero-order chi connectivity index (χ0) is 26.0. The van der Waals surface area contributed by atoms with Crippen molar-refractivity contribution in [2.75, 3.05) is 31.0 Å². The van der Waals surface area contributed by atoms with Crippen molar-refractivity contribution in [3.8, 4) is 23.1 Å². The van der Waals surface area contributed by atoms with Gasteiger partial charge in [0.25, 0.3) is 0 Å². The standard InChI is InChI=1S/C26H27N5O6/c1-26(2,3)22-11-23(31-37-22)30-25(32)29-15-6-5-7-16(8-15)36-24-18-9-20(33-4)21(35-13-17-12-34-17)10-19(18)27-14-28-24/h5-11,14,17H,12-13H2,1-4H3,(H2,29,30,31,32). The van der Waals surface area contributed by atoms with Crippen LogP contribution >= 0.6 is 0 Å². The average molecular weight is 506 g/mol. The Bertz CT molecular complexity index is 1430. The molecule has 1 unspecified atom stereocenters. The number of methoxy groups -OCH3 is 1. The van der Waals surface area contributed by atoms with Gasteiger partial charge in [-0.05, 0) is 18.2 Å². The van der Waals surface area contributed by atoms with E-state index in [9.17, 15) is 4.79 Å². The van der Waals surface area contributed by atoms with E-state index in [1.807, 2.05) is 20.8 Å². The first-order valence-electron chi connectivity index (χ1n) is 11.7. The molecular weight excluding hydrogens is 478 g/mol. The maximum absolute atomic E-state index is 12.5. The Morgan fingerprint density at radius 2 is 1.95 bits per heavy atom. The predicted octanol–water partition coefficient (Wildman–Crippen LogP) is 5.14. The molecule has 2 N–H and O–H groups in total. The molecule has 0 saturated carbocycles. The summed E-state index contributed by atoms with van der Waals surface area (Å²) in [6, 6.07) is 11.7. The fourth-order valence-corrected chi connectivity index (χ4v) is 3.46. The highest BCUT2D eigenvalue weighted by molar-refractivity contribution is 5.99. The molecule has 0 spiro atoms. The third kappa shape index (κ3) is 5.89. The van der Waals surface area contributed by atoms with Crippen LogP contribution in [0.25, 0.3) is 10.9 Å². The Labute approximate surface area is 213 Å². The fourth-order valence-electron chi connectivity index (χ4n) is 3.46. The van der Waals surface area contributed by atoms with Gasteiger partial charge >= 0.3 is 6.03 Å². The van der Waals surface area contributed by atoms with Crippen molar-refractivity contribution in [3.63, 3.8) is 0 Å². The summed E-state index contributed by atoms with van der Waals surface area (Å²) in [5, 5.41) is 9.97. The van der Waals surface area contributed by atoms with Gasteiger partial charge in [0.05, 0.1) is 24.6 Å². The van der Waals surface area contributed by atoms with Gasteiger partial charge in [0.1, 0.15) is 30.5 Å². The number of hydrogen-bond acceptors (Lipinski definition) is 9. The third-order valence-corrected chi connectivity index (χ3v) is 5.51. The molecule has 4 aromatic rings. The van der Waals surface area contributed by atoms with Gasteiger partial charge in [0, 0.05) is 29.3 Å². The van der Waals surface area contributed by atoms with Crippen LogP contribution in [-0.4, -0.2) is 47.6 Å². The summed E-state index contributed by atoms with van der Waals surface area (Å²) in [6.45, 7) is 7.13. The zero-order valence-electron chi connectivity index (χ0n) is 20.9. The summed E-state index contributed by atoms with van der Waals surface area (Å²) in [7, 11) is 1.56. The molecule has 5 rings (SSSR count). The zero-order valence-corrected chi connectivity index (χ0v) is 20.9. The predicted molar refractivity (Wildman–Crippen MR) is 136 cm³/mol. The van der Waals surface area contributed by atoms with E-state index >= 15 is 0 Å². The first kappa shape index (κ1) is 24.3. The van der Waals surface area contributed by atoms with E-state index in [1.54, 1.807) is 49.6 Å². The number of nitrogens with one attached hydrogen (secondary N) is 2. The van der Waals surface area contributed by atoms with Gasteiger partial charge in [-0.15, -0.1) is 0 Å². The van der Waals surface area contributed by atoms with E-state index in [0.29, 0.717) is 64.5 Å². The lowest BCUT2D eigenvalue weighted by Gasteiger charge is -2.13. The lowest BCUT2D eigenvalue weighted by molar-refractivity contribution is 0.252. The van der Waals surface area contributed by atoms with Gasteiger partial charge in [-0.1, -0.05) is 32.0 Å². The summed E-state index contributed by atoms with van der Waals surface area (Å²) in [5.74, 6) is 2.89. The number of fused-ring (bicyclic) bond motifs is 1. The molecule has 11 nitrogen and oxygen atoms in total. The maximum Gasteiger partial charge on any atom is 0.324 e. The van der Waals surface area contributed by atoms with Crippen LogP contribution in [0, 0.1) is 0 Å². The van der Waals surface area contributed by atoms with Crippen molar-refractivity contribution < 1.29 is 28.3 Å². The molecule has 0 radical (unpaired) electrons. The number of amides is 2. The van der Waals surface area contributed by atoms with Crippen LogP contribution in [0.5, 0.6) is 23.1 Å². The average Bonchev–Trinajstić information content (AvgIpc) is 3.57. The van der Waals surface area contributed by atoms with E-state index in [2.05, 4.69) is 25.8 Å². The molecule has 0 bridgehead atoms. The van der Waals surface area contributed by atoms with Gasteiger partial charge in [-0.2, -0.15) is 0 Å². The number of rotatable bonds is 8. The van der Waals surface area contributed by atoms with Crippen molar-refractivity contribution in [2.45, 2.75) is 32.3 Å². The van der Waals surface area contributed by atoms with E-state index in [0.717, 1.165) is 0 Å². The van der Waals surface area contributed by atoms with Crippen LogP contribution in [0.4, 0.5) is 16.3 Å². The Balaban J connectivity index is 1.30. The number of benzene rings is 2. The Kier molecular flexibility index (Phi) is 6.53. The third-order valence-electron chi connectivity index (χ3n) is 5.51. The van der Waals surface area contributed by atoms with Crippen LogP contribution in [0.2, 0.25) is 0 Å². The molecule has 1 aliphatic rings. The quantitative estimate of drug-likeness (QED) is 0.312. The van der Waals surface area contributed by atoms with Crippen LogP contribution < -0.4 is 24.8 Å². The lowest BCUT2D eigenvalue weighted by Crippen LogP contribution is -2.19. The number of carbonyl (C=O) groups excluding carboxylic acids is 1. The lowest BCUT2D eigenvalue weighted by atomic mass is 9.93. The maximum atomic E-state index is 12.5. The number of carbonyl (C=O) groups is 1. The Hall–Kier alpha value is -4.38. The molecule has 192 valence electrons. The Morgan fingerprint density at radius 3 is 2.68 bits per heavy atom. The number of anilines is 2. The van der Waals surface area contributed by atoms with E-state index in [4.69, 9.17) is 23.5 Å². The fraction of sp³-hybridized carbons (Fsp3) is 0.308. The summed E-state index contributed by atoms with van der Waals surface area (Å²) >= 11 is 0. The first-order valence-corrected chi connectivity index (χ1v) is 11.7. The van der Waals surface area contributed by atoms with E-state index < -0.39 is 6.03 Å². The minimum Gasteiger partial charge on any atom is -0.493 e. The molecule has 1 saturated heterocycles. The molecule has 1 aliphatic heterocycles. The molecule has 2 aromatic heterocycles. The molecule has 1 fully saturated rings. The highest BCUT2D eigenvalue weighted by Crippen LogP contribution is 2.36. The van der Waals surface area contributed by atoms with Crippen LogP contribution in [0.15, 0.2) is 53.3 Å². The summed E-state index contributed by atoms with van der Waals surface area (Å²) in [5.41, 5.74) is 0.932. The number of nitrogens with zero attached hydrogens (tertiary/aromatic N) is 3. The topological polar surface area (TPSA) is 133 Å². The molecule has 2 aromatic carbocycles. The van der Waals surface area contributed by atoms with E-state index in [-0.39, 0.29) is 11.5 Å². The number of urea groups is 1. The van der Waals surface area contributed by atoms with E-state index in [1.165, 1.54) is 6.33 Å². The van der Waals surface area contributed by atoms with Crippen LogP contribution in [0.3, 0.4) is 0 Å². The molecule has 0 aliphatic carbocycles. The van der Waals surface area contributed by atoms with Crippen LogP contribution in [0.1, 0.15) is 26.5 Å². The number of ether oxygens (including phenoxy) is 4. The minimum absolute atomic E-state index is 0.115. The number of hydrogen-bond donors (Lipinski definition) is 2. The smallest absolute Gasteiger partial charge is 0.324 e. The second-order valence-electron chi connectivity index (χ2n) is 9.50. The van der Waals surface area contributed by atoms with Gasteiger partial charge in [-0.25, -0.2) is 14.8 Å². The second kappa shape index (κ2) is 9.94. The highest BCUT2D eigenvalue weighted by atomic mass is 16.6. The molecule has 11 heteroatoms. The van der Waals surface area contributed by atoms with Crippen LogP contribution in [-0.2, 0) is 10.2 Å². The molecule has 1 atom stereocenters. The van der Waals surface area contributed by atoms with Crippen molar-refractivity contribution >= 4 is 28.4 Å². The molecule has 2 amide bonds. The second-order valence-corrected chi connectivity index (χ2v) is 9.50. The van der Waals surface area contributed by atoms with Gasteiger partial charge < -0.3 is 28.8 Å². The van der Waals surface area contributed by atoms with Gasteiger partial charge in [0.15, 0.2) is 17.3 Å². The molecule has 3 heterocycles. The normalized spacial score (nSPS) is 14.8. The number of aromatic nitrogens is 3.